The highest BCUT2D eigenvalue weighted by molar-refractivity contribution is 6.26. The molecule has 0 saturated heterocycles. The molecule has 0 spiro atoms. The molecule has 0 fully saturated rings. The summed E-state index contributed by atoms with van der Waals surface area (Å²) < 4.78 is 0. The van der Waals surface area contributed by atoms with E-state index in [9.17, 15) is 0 Å². The van der Waals surface area contributed by atoms with Gasteiger partial charge in [0.15, 0.2) is 0 Å². The molecular formula is C13H21N5. The van der Waals surface area contributed by atoms with Crippen LogP contribution in [0.25, 0.3) is 0 Å². The average Bonchev–Trinajstić information content (AvgIpc) is 2.73. The van der Waals surface area contributed by atoms with Crippen molar-refractivity contribution in [3.05, 3.63) is 23.9 Å². The maximum Gasteiger partial charge on any atom is 0.137 e. The highest BCUT2D eigenvalue weighted by Crippen LogP contribution is 2.21. The maximum absolute atomic E-state index is 7.36. The zero-order valence-corrected chi connectivity index (χ0v) is 11.4. The van der Waals surface area contributed by atoms with E-state index in [1.165, 1.54) is 5.70 Å². The standard InChI is InChI=1S/C13H21N5/c1-9-6-5-7-12(9)18(4)11(3)16-10(2)17-13(15)8-14/h5-10,14H,1-4H3,(H2,15,17). The Morgan fingerprint density at radius 2 is 2.28 bits per heavy atom. The number of hydrogen-bond donors (Lipinski definition) is 3. The van der Waals surface area contributed by atoms with Gasteiger partial charge in [-0.15, -0.1) is 0 Å². The van der Waals surface area contributed by atoms with E-state index in [4.69, 9.17) is 10.8 Å². The van der Waals surface area contributed by atoms with E-state index in [0.29, 0.717) is 5.92 Å². The van der Waals surface area contributed by atoms with Crippen LogP contribution in [0.15, 0.2) is 28.9 Å². The summed E-state index contributed by atoms with van der Waals surface area (Å²) in [7, 11) is 1.99. The Hall–Kier alpha value is -1.91. The Bertz CT molecular complexity index is 419. The van der Waals surface area contributed by atoms with Gasteiger partial charge in [0, 0.05) is 18.7 Å². The summed E-state index contributed by atoms with van der Waals surface area (Å²) in [5.41, 5.74) is 1.21. The van der Waals surface area contributed by atoms with Crippen molar-refractivity contribution in [3.63, 3.8) is 0 Å². The van der Waals surface area contributed by atoms with Crippen molar-refractivity contribution in [1.29, 1.82) is 10.8 Å². The molecule has 0 bridgehead atoms. The fourth-order valence-corrected chi connectivity index (χ4v) is 1.84. The minimum atomic E-state index is -0.216. The lowest BCUT2D eigenvalue weighted by atomic mass is 10.1. The summed E-state index contributed by atoms with van der Waals surface area (Å²) in [6, 6.07) is 0. The molecule has 5 nitrogen and oxygen atoms in total. The normalized spacial score (nSPS) is 20.3. The van der Waals surface area contributed by atoms with Gasteiger partial charge in [-0.25, -0.2) is 4.99 Å². The van der Waals surface area contributed by atoms with Crippen LogP contribution in [-0.4, -0.2) is 36.0 Å². The third-order valence-corrected chi connectivity index (χ3v) is 2.90. The first-order valence-electron chi connectivity index (χ1n) is 5.97. The summed E-state index contributed by atoms with van der Waals surface area (Å²) >= 11 is 0. The molecule has 0 aromatic rings. The minimum absolute atomic E-state index is 0.0665. The number of amidine groups is 2. The molecule has 3 N–H and O–H groups in total. The molecule has 0 saturated carbocycles. The van der Waals surface area contributed by atoms with E-state index in [-0.39, 0.29) is 12.0 Å². The lowest BCUT2D eigenvalue weighted by Gasteiger charge is -2.24. The topological polar surface area (TPSA) is 75.3 Å². The molecule has 0 aliphatic heterocycles. The van der Waals surface area contributed by atoms with E-state index in [0.717, 1.165) is 12.1 Å². The van der Waals surface area contributed by atoms with Gasteiger partial charge >= 0.3 is 0 Å². The van der Waals surface area contributed by atoms with Crippen molar-refractivity contribution in [2.24, 2.45) is 10.9 Å². The van der Waals surface area contributed by atoms with Gasteiger partial charge in [-0.3, -0.25) is 5.41 Å². The summed E-state index contributed by atoms with van der Waals surface area (Å²) in [6.45, 7) is 5.95. The number of aliphatic imine (C=N–C) groups is 1. The lowest BCUT2D eigenvalue weighted by molar-refractivity contribution is 0.545. The van der Waals surface area contributed by atoms with Crippen LogP contribution in [0.4, 0.5) is 0 Å². The Labute approximate surface area is 108 Å². The number of rotatable bonds is 4. The van der Waals surface area contributed by atoms with Crippen LogP contribution in [-0.2, 0) is 0 Å². The second kappa shape index (κ2) is 6.14. The monoisotopic (exact) mass is 247 g/mol. The molecule has 2 atom stereocenters. The SMILES string of the molecule is CC(=NC(C)NC(=N)C=N)N(C)C1=CC=CC1C. The van der Waals surface area contributed by atoms with Crippen LogP contribution < -0.4 is 5.32 Å². The Kier molecular flexibility index (Phi) is 4.83. The lowest BCUT2D eigenvalue weighted by Crippen LogP contribution is -2.34. The molecule has 1 rings (SSSR count). The fourth-order valence-electron chi connectivity index (χ4n) is 1.84. The predicted octanol–water partition coefficient (Wildman–Crippen LogP) is 1.99. The van der Waals surface area contributed by atoms with Gasteiger partial charge in [-0.1, -0.05) is 19.1 Å². The number of nitrogens with one attached hydrogen (secondary N) is 3. The number of allylic oxidation sites excluding steroid dienone is 3. The van der Waals surface area contributed by atoms with E-state index in [1.54, 1.807) is 0 Å². The van der Waals surface area contributed by atoms with Gasteiger partial charge < -0.3 is 15.6 Å². The first kappa shape index (κ1) is 14.2. The van der Waals surface area contributed by atoms with Gasteiger partial charge in [0.1, 0.15) is 17.8 Å². The second-order valence-corrected chi connectivity index (χ2v) is 4.38. The van der Waals surface area contributed by atoms with Gasteiger partial charge in [0.25, 0.3) is 0 Å². The van der Waals surface area contributed by atoms with Crippen LogP contribution in [0.5, 0.6) is 0 Å². The average molecular weight is 247 g/mol. The van der Waals surface area contributed by atoms with E-state index in [1.807, 2.05) is 20.9 Å². The molecule has 0 aromatic heterocycles. The van der Waals surface area contributed by atoms with Gasteiger partial charge in [0.05, 0.1) is 6.21 Å². The molecule has 5 heteroatoms. The maximum atomic E-state index is 7.36. The number of nitrogens with zero attached hydrogens (tertiary/aromatic N) is 2. The highest BCUT2D eigenvalue weighted by Gasteiger charge is 2.15. The molecule has 1 aliphatic carbocycles. The molecule has 0 aromatic carbocycles. The second-order valence-electron chi connectivity index (χ2n) is 4.38. The zero-order chi connectivity index (χ0) is 13.7. The molecule has 0 amide bonds. The molecule has 0 heterocycles. The Balaban J connectivity index is 2.65. The molecule has 2 unspecified atom stereocenters. The van der Waals surface area contributed by atoms with Gasteiger partial charge in [-0.2, -0.15) is 0 Å². The molecule has 0 radical (unpaired) electrons. The van der Waals surface area contributed by atoms with Crippen molar-refractivity contribution in [2.45, 2.75) is 26.9 Å². The molecular weight excluding hydrogens is 226 g/mol. The predicted molar refractivity (Wildman–Crippen MR) is 76.4 cm³/mol. The first-order valence-corrected chi connectivity index (χ1v) is 5.97. The first-order chi connectivity index (χ1) is 8.45. The third-order valence-electron chi connectivity index (χ3n) is 2.90. The highest BCUT2D eigenvalue weighted by atomic mass is 15.2. The van der Waals surface area contributed by atoms with E-state index in [2.05, 4.69) is 40.4 Å². The van der Waals surface area contributed by atoms with Crippen LogP contribution in [0, 0.1) is 16.7 Å². The Morgan fingerprint density at radius 3 is 2.78 bits per heavy atom. The van der Waals surface area contributed by atoms with E-state index < -0.39 is 0 Å². The number of hydrogen-bond acceptors (Lipinski definition) is 3. The molecule has 1 aliphatic rings. The minimum Gasteiger partial charge on any atom is -0.348 e. The van der Waals surface area contributed by atoms with Gasteiger partial charge in [0.2, 0.25) is 0 Å². The summed E-state index contributed by atoms with van der Waals surface area (Å²) in [6.07, 6.45) is 7.03. The molecule has 98 valence electrons. The summed E-state index contributed by atoms with van der Waals surface area (Å²) in [5.74, 6) is 1.36. The largest absolute Gasteiger partial charge is 0.348 e. The van der Waals surface area contributed by atoms with Crippen LogP contribution >= 0.6 is 0 Å². The fraction of sp³-hybridized carbons (Fsp3) is 0.462. The Morgan fingerprint density at radius 1 is 1.61 bits per heavy atom. The van der Waals surface area contributed by atoms with Crippen molar-refractivity contribution >= 4 is 17.9 Å². The van der Waals surface area contributed by atoms with Crippen molar-refractivity contribution in [1.82, 2.24) is 10.2 Å². The third kappa shape index (κ3) is 3.55. The smallest absolute Gasteiger partial charge is 0.137 e. The summed E-state index contributed by atoms with van der Waals surface area (Å²) in [5, 5.41) is 17.1. The van der Waals surface area contributed by atoms with Crippen LogP contribution in [0.2, 0.25) is 0 Å². The molecule has 18 heavy (non-hydrogen) atoms. The van der Waals surface area contributed by atoms with Crippen molar-refractivity contribution in [3.8, 4) is 0 Å². The zero-order valence-electron chi connectivity index (χ0n) is 11.4. The van der Waals surface area contributed by atoms with Gasteiger partial charge in [-0.05, 0) is 19.9 Å². The van der Waals surface area contributed by atoms with E-state index >= 15 is 0 Å². The summed E-state index contributed by atoms with van der Waals surface area (Å²) in [4.78, 5) is 6.51. The van der Waals surface area contributed by atoms with Crippen molar-refractivity contribution in [2.75, 3.05) is 7.05 Å². The van der Waals surface area contributed by atoms with Crippen LogP contribution in [0.3, 0.4) is 0 Å². The van der Waals surface area contributed by atoms with Crippen molar-refractivity contribution < 1.29 is 0 Å². The van der Waals surface area contributed by atoms with Crippen LogP contribution in [0.1, 0.15) is 20.8 Å². The quantitative estimate of drug-likeness (QED) is 0.525.